The molecule has 0 fully saturated rings. The molecule has 110 valence electrons. The lowest BCUT2D eigenvalue weighted by molar-refractivity contribution is -0.384. The summed E-state index contributed by atoms with van der Waals surface area (Å²) in [5.41, 5.74) is 0.239. The van der Waals surface area contributed by atoms with Crippen LogP contribution in [-0.4, -0.2) is 27.5 Å². The largest absolute Gasteiger partial charge is 0.481 e. The summed E-state index contributed by atoms with van der Waals surface area (Å²) >= 11 is 0. The average molecular weight is 281 g/mol. The third-order valence-electron chi connectivity index (χ3n) is 3.13. The number of hydrogen-bond acceptors (Lipinski definition) is 5. The maximum absolute atomic E-state index is 10.8. The standard InChI is InChI=1S/C13H19N3O4/c1-13(2,5-3-12(17)18)6-8-15-10-4-7-14-9-11(10)16(19)20/h4,7,9H,3,5-6,8H2,1-2H3,(H,14,15)(H,17,18). The van der Waals surface area contributed by atoms with Gasteiger partial charge in [-0.15, -0.1) is 0 Å². The van der Waals surface area contributed by atoms with Crippen LogP contribution >= 0.6 is 0 Å². The zero-order valence-corrected chi connectivity index (χ0v) is 11.6. The summed E-state index contributed by atoms with van der Waals surface area (Å²) in [7, 11) is 0. The number of hydrogen-bond donors (Lipinski definition) is 2. The molecule has 0 saturated heterocycles. The van der Waals surface area contributed by atoms with Crippen LogP contribution in [0.5, 0.6) is 0 Å². The first-order valence-corrected chi connectivity index (χ1v) is 6.36. The second kappa shape index (κ2) is 6.83. The highest BCUT2D eigenvalue weighted by molar-refractivity contribution is 5.66. The molecule has 0 aliphatic carbocycles. The molecule has 1 rings (SSSR count). The van der Waals surface area contributed by atoms with Crippen LogP contribution in [0, 0.1) is 15.5 Å². The Bertz CT molecular complexity index is 488. The summed E-state index contributed by atoms with van der Waals surface area (Å²) < 4.78 is 0. The van der Waals surface area contributed by atoms with E-state index in [0.29, 0.717) is 18.7 Å². The average Bonchev–Trinajstić information content (AvgIpc) is 2.37. The van der Waals surface area contributed by atoms with Gasteiger partial charge in [0.05, 0.1) is 4.92 Å². The third-order valence-corrected chi connectivity index (χ3v) is 3.13. The smallest absolute Gasteiger partial charge is 0.310 e. The summed E-state index contributed by atoms with van der Waals surface area (Å²) in [6, 6.07) is 1.56. The monoisotopic (exact) mass is 281 g/mol. The van der Waals surface area contributed by atoms with Crippen molar-refractivity contribution in [2.75, 3.05) is 11.9 Å². The van der Waals surface area contributed by atoms with Gasteiger partial charge in [-0.2, -0.15) is 0 Å². The molecule has 0 spiro atoms. The molecule has 0 aromatic carbocycles. The van der Waals surface area contributed by atoms with E-state index in [4.69, 9.17) is 5.11 Å². The highest BCUT2D eigenvalue weighted by Crippen LogP contribution is 2.28. The highest BCUT2D eigenvalue weighted by atomic mass is 16.6. The Morgan fingerprint density at radius 2 is 2.20 bits per heavy atom. The van der Waals surface area contributed by atoms with E-state index in [0.717, 1.165) is 6.42 Å². The lowest BCUT2D eigenvalue weighted by atomic mass is 9.84. The molecule has 1 heterocycles. The van der Waals surface area contributed by atoms with Gasteiger partial charge in [0.2, 0.25) is 0 Å². The summed E-state index contributed by atoms with van der Waals surface area (Å²) in [6.07, 6.45) is 4.12. The van der Waals surface area contributed by atoms with Crippen molar-refractivity contribution in [2.24, 2.45) is 5.41 Å². The molecule has 1 aromatic heterocycles. The van der Waals surface area contributed by atoms with Gasteiger partial charge >= 0.3 is 11.7 Å². The molecular formula is C13H19N3O4. The number of aliphatic carboxylic acids is 1. The fraction of sp³-hybridized carbons (Fsp3) is 0.538. The normalized spacial score (nSPS) is 11.1. The zero-order valence-electron chi connectivity index (χ0n) is 11.6. The highest BCUT2D eigenvalue weighted by Gasteiger charge is 2.19. The minimum absolute atomic E-state index is 0.0594. The van der Waals surface area contributed by atoms with E-state index < -0.39 is 10.9 Å². The van der Waals surface area contributed by atoms with Crippen molar-refractivity contribution in [3.63, 3.8) is 0 Å². The maximum Gasteiger partial charge on any atom is 0.310 e. The van der Waals surface area contributed by atoms with E-state index in [1.54, 1.807) is 6.07 Å². The summed E-state index contributed by atoms with van der Waals surface area (Å²) in [6.45, 7) is 4.51. The second-order valence-corrected chi connectivity index (χ2v) is 5.38. The van der Waals surface area contributed by atoms with E-state index in [-0.39, 0.29) is 17.5 Å². The van der Waals surface area contributed by atoms with Gasteiger partial charge in [-0.3, -0.25) is 19.9 Å². The van der Waals surface area contributed by atoms with Crippen LogP contribution in [0.15, 0.2) is 18.5 Å². The molecule has 20 heavy (non-hydrogen) atoms. The Balaban J connectivity index is 2.52. The number of aromatic nitrogens is 1. The number of nitro groups is 1. The fourth-order valence-electron chi connectivity index (χ4n) is 1.79. The van der Waals surface area contributed by atoms with Crippen molar-refractivity contribution >= 4 is 17.3 Å². The molecule has 0 aliphatic heterocycles. The van der Waals surface area contributed by atoms with E-state index in [9.17, 15) is 14.9 Å². The van der Waals surface area contributed by atoms with Crippen molar-refractivity contribution in [1.29, 1.82) is 0 Å². The van der Waals surface area contributed by atoms with Crippen molar-refractivity contribution in [3.05, 3.63) is 28.6 Å². The van der Waals surface area contributed by atoms with Gasteiger partial charge in [-0.05, 0) is 24.3 Å². The second-order valence-electron chi connectivity index (χ2n) is 5.38. The van der Waals surface area contributed by atoms with Crippen LogP contribution in [0.2, 0.25) is 0 Å². The predicted octanol–water partition coefficient (Wildman–Crippen LogP) is 2.68. The fourth-order valence-corrected chi connectivity index (χ4v) is 1.79. The summed E-state index contributed by atoms with van der Waals surface area (Å²) in [5.74, 6) is -0.809. The number of nitrogens with zero attached hydrogens (tertiary/aromatic N) is 2. The van der Waals surface area contributed by atoms with Gasteiger partial charge in [0.15, 0.2) is 0 Å². The molecule has 2 N–H and O–H groups in total. The van der Waals surface area contributed by atoms with Crippen LogP contribution in [-0.2, 0) is 4.79 Å². The Hall–Kier alpha value is -2.18. The van der Waals surface area contributed by atoms with Crippen molar-refractivity contribution < 1.29 is 14.8 Å². The number of nitrogens with one attached hydrogen (secondary N) is 1. The first kappa shape index (κ1) is 15.9. The quantitative estimate of drug-likeness (QED) is 0.560. The van der Waals surface area contributed by atoms with Crippen LogP contribution in [0.4, 0.5) is 11.4 Å². The maximum atomic E-state index is 10.8. The first-order valence-electron chi connectivity index (χ1n) is 6.36. The molecule has 7 nitrogen and oxygen atoms in total. The van der Waals surface area contributed by atoms with Gasteiger partial charge in [-0.1, -0.05) is 13.8 Å². The number of carbonyl (C=O) groups is 1. The van der Waals surface area contributed by atoms with Crippen LogP contribution in [0.25, 0.3) is 0 Å². The zero-order chi connectivity index (χ0) is 15.2. The predicted molar refractivity (Wildman–Crippen MR) is 74.6 cm³/mol. The molecular weight excluding hydrogens is 262 g/mol. The van der Waals surface area contributed by atoms with Crippen LogP contribution in [0.1, 0.15) is 33.1 Å². The van der Waals surface area contributed by atoms with E-state index in [1.807, 2.05) is 13.8 Å². The molecule has 1 aromatic rings. The molecule has 0 saturated carbocycles. The van der Waals surface area contributed by atoms with E-state index in [1.165, 1.54) is 12.4 Å². The van der Waals surface area contributed by atoms with E-state index in [2.05, 4.69) is 10.3 Å². The van der Waals surface area contributed by atoms with Crippen molar-refractivity contribution in [2.45, 2.75) is 33.1 Å². The molecule has 0 amide bonds. The van der Waals surface area contributed by atoms with Crippen molar-refractivity contribution in [1.82, 2.24) is 4.98 Å². The topological polar surface area (TPSA) is 105 Å². The van der Waals surface area contributed by atoms with Gasteiger partial charge in [0, 0.05) is 19.2 Å². The molecule has 0 bridgehead atoms. The molecule has 0 aliphatic rings. The first-order chi connectivity index (χ1) is 9.32. The Morgan fingerprint density at radius 1 is 1.50 bits per heavy atom. The lowest BCUT2D eigenvalue weighted by Crippen LogP contribution is -2.18. The lowest BCUT2D eigenvalue weighted by Gasteiger charge is -2.24. The summed E-state index contributed by atoms with van der Waals surface area (Å²) in [5, 5.41) is 22.5. The Morgan fingerprint density at radius 3 is 2.80 bits per heavy atom. The molecule has 0 atom stereocenters. The number of anilines is 1. The Labute approximate surface area is 117 Å². The molecule has 0 unspecified atom stereocenters. The minimum Gasteiger partial charge on any atom is -0.481 e. The van der Waals surface area contributed by atoms with Crippen molar-refractivity contribution in [3.8, 4) is 0 Å². The number of pyridine rings is 1. The number of carboxylic acid groups (broad SMARTS) is 1. The molecule has 0 radical (unpaired) electrons. The SMILES string of the molecule is CC(C)(CCNc1ccncc1[N+](=O)[O-])CCC(=O)O. The Kier molecular flexibility index (Phi) is 5.42. The van der Waals surface area contributed by atoms with Gasteiger partial charge < -0.3 is 10.4 Å². The number of carboxylic acids is 1. The van der Waals surface area contributed by atoms with Gasteiger partial charge in [0.1, 0.15) is 11.9 Å². The number of rotatable bonds is 8. The van der Waals surface area contributed by atoms with E-state index >= 15 is 0 Å². The van der Waals surface area contributed by atoms with Gasteiger partial charge in [-0.25, -0.2) is 0 Å². The molecule has 7 heteroatoms. The minimum atomic E-state index is -0.809. The van der Waals surface area contributed by atoms with Gasteiger partial charge in [0.25, 0.3) is 0 Å². The summed E-state index contributed by atoms with van der Waals surface area (Å²) in [4.78, 5) is 24.6. The van der Waals surface area contributed by atoms with Crippen LogP contribution < -0.4 is 5.32 Å². The third kappa shape index (κ3) is 5.21. The van der Waals surface area contributed by atoms with Crippen LogP contribution in [0.3, 0.4) is 0 Å².